The van der Waals surface area contributed by atoms with Crippen molar-refractivity contribution in [2.45, 2.75) is 16.0 Å². The summed E-state index contributed by atoms with van der Waals surface area (Å²) in [6.45, 7) is 2.18. The molecule has 0 unspecified atom stereocenters. The molecule has 0 N–H and O–H groups in total. The first-order valence-electron chi connectivity index (χ1n) is 7.64. The Morgan fingerprint density at radius 2 is 1.42 bits per heavy atom. The number of nitrogens with zero attached hydrogens (tertiary/aromatic N) is 2. The van der Waals surface area contributed by atoms with Gasteiger partial charge in [-0.3, -0.25) is 0 Å². The van der Waals surface area contributed by atoms with Gasteiger partial charge >= 0.3 is 0 Å². The molecule has 1 aliphatic heterocycles. The minimum absolute atomic E-state index is 0.0390. The Balaban J connectivity index is 1.76. The van der Waals surface area contributed by atoms with Crippen molar-refractivity contribution < 1.29 is 16.8 Å². The van der Waals surface area contributed by atoms with Crippen LogP contribution in [-0.2, 0) is 20.0 Å². The summed E-state index contributed by atoms with van der Waals surface area (Å²) in [7, 11) is -7.35. The fourth-order valence-electron chi connectivity index (χ4n) is 2.61. The SMILES string of the molecule is Cc1ccc(S(=O)(=O)N2CCN(S(=O)(=O)c3ccc(Cl)c(Cl)c3)CC2)s1. The van der Waals surface area contributed by atoms with E-state index in [0.717, 1.165) is 4.88 Å². The molecule has 0 spiro atoms. The Hall–Kier alpha value is -0.680. The summed E-state index contributed by atoms with van der Waals surface area (Å²) in [5.41, 5.74) is 0. The number of sulfonamides is 2. The van der Waals surface area contributed by atoms with Crippen molar-refractivity contribution in [3.63, 3.8) is 0 Å². The smallest absolute Gasteiger partial charge is 0.207 e. The molecule has 1 aromatic carbocycles. The highest BCUT2D eigenvalue weighted by Crippen LogP contribution is 2.29. The number of rotatable bonds is 4. The van der Waals surface area contributed by atoms with Crippen molar-refractivity contribution in [3.05, 3.63) is 45.3 Å². The van der Waals surface area contributed by atoms with E-state index in [0.29, 0.717) is 0 Å². The topological polar surface area (TPSA) is 74.8 Å². The zero-order chi connectivity index (χ0) is 19.1. The normalized spacial score (nSPS) is 17.5. The minimum atomic E-state index is -3.76. The third-order valence-corrected chi connectivity index (χ3v) is 10.0. The van der Waals surface area contributed by atoms with Gasteiger partial charge in [0.25, 0.3) is 10.0 Å². The second-order valence-corrected chi connectivity index (χ2v) is 12.0. The summed E-state index contributed by atoms with van der Waals surface area (Å²) in [6, 6.07) is 7.45. The Kier molecular flexibility index (Phi) is 5.70. The first-order chi connectivity index (χ1) is 12.1. The molecule has 1 aliphatic rings. The van der Waals surface area contributed by atoms with Gasteiger partial charge in [0.1, 0.15) is 4.21 Å². The number of aryl methyl sites for hydroxylation is 1. The predicted octanol–water partition coefficient (Wildman–Crippen LogP) is 3.06. The molecule has 142 valence electrons. The lowest BCUT2D eigenvalue weighted by atomic mass is 10.4. The van der Waals surface area contributed by atoms with Crippen molar-refractivity contribution in [3.8, 4) is 0 Å². The molecule has 2 heterocycles. The molecule has 0 saturated carbocycles. The lowest BCUT2D eigenvalue weighted by molar-refractivity contribution is 0.273. The third-order valence-electron chi connectivity index (χ3n) is 4.04. The number of benzene rings is 1. The number of hydrogen-bond donors (Lipinski definition) is 0. The quantitative estimate of drug-likeness (QED) is 0.711. The molecule has 6 nitrogen and oxygen atoms in total. The fraction of sp³-hybridized carbons (Fsp3) is 0.333. The van der Waals surface area contributed by atoms with E-state index in [2.05, 4.69) is 0 Å². The molecule has 3 rings (SSSR count). The van der Waals surface area contributed by atoms with Crippen molar-refractivity contribution in [1.82, 2.24) is 8.61 Å². The lowest BCUT2D eigenvalue weighted by Crippen LogP contribution is -2.50. The minimum Gasteiger partial charge on any atom is -0.207 e. The zero-order valence-corrected chi connectivity index (χ0v) is 17.7. The van der Waals surface area contributed by atoms with Gasteiger partial charge in [-0.2, -0.15) is 8.61 Å². The molecule has 26 heavy (non-hydrogen) atoms. The monoisotopic (exact) mass is 454 g/mol. The maximum atomic E-state index is 12.7. The molecule has 0 radical (unpaired) electrons. The Morgan fingerprint density at radius 1 is 0.846 bits per heavy atom. The molecular weight excluding hydrogens is 439 g/mol. The van der Waals surface area contributed by atoms with Crippen LogP contribution in [0.5, 0.6) is 0 Å². The van der Waals surface area contributed by atoms with Crippen molar-refractivity contribution in [2.24, 2.45) is 0 Å². The van der Waals surface area contributed by atoms with E-state index in [1.165, 1.54) is 38.1 Å². The van der Waals surface area contributed by atoms with Crippen LogP contribution in [0, 0.1) is 6.92 Å². The van der Waals surface area contributed by atoms with E-state index >= 15 is 0 Å². The molecule has 0 aliphatic carbocycles. The highest BCUT2D eigenvalue weighted by Gasteiger charge is 2.34. The van der Waals surface area contributed by atoms with Crippen LogP contribution in [0.2, 0.25) is 10.0 Å². The van der Waals surface area contributed by atoms with Crippen LogP contribution in [0.3, 0.4) is 0 Å². The molecule has 0 bridgehead atoms. The summed E-state index contributed by atoms with van der Waals surface area (Å²) in [5, 5.41) is 0.426. The highest BCUT2D eigenvalue weighted by molar-refractivity contribution is 7.91. The summed E-state index contributed by atoms with van der Waals surface area (Å²) >= 11 is 12.9. The van der Waals surface area contributed by atoms with Gasteiger partial charge in [-0.25, -0.2) is 16.8 Å². The van der Waals surface area contributed by atoms with E-state index in [9.17, 15) is 16.8 Å². The number of thiophene rings is 1. The van der Waals surface area contributed by atoms with Gasteiger partial charge in [0, 0.05) is 31.1 Å². The second-order valence-electron chi connectivity index (χ2n) is 5.75. The van der Waals surface area contributed by atoms with Crippen LogP contribution in [-0.4, -0.2) is 51.6 Å². The van der Waals surface area contributed by atoms with E-state index < -0.39 is 20.0 Å². The molecule has 0 atom stereocenters. The van der Waals surface area contributed by atoms with E-state index in [1.54, 1.807) is 12.1 Å². The Labute approximate surface area is 167 Å². The second kappa shape index (κ2) is 7.38. The van der Waals surface area contributed by atoms with E-state index in [1.807, 2.05) is 6.92 Å². The highest BCUT2D eigenvalue weighted by atomic mass is 35.5. The van der Waals surface area contributed by atoms with Gasteiger partial charge in [-0.1, -0.05) is 23.2 Å². The van der Waals surface area contributed by atoms with Gasteiger partial charge in [0.2, 0.25) is 10.0 Å². The van der Waals surface area contributed by atoms with Crippen LogP contribution >= 0.6 is 34.5 Å². The summed E-state index contributed by atoms with van der Waals surface area (Å²) < 4.78 is 53.6. The van der Waals surface area contributed by atoms with Gasteiger partial charge in [0.15, 0.2) is 0 Å². The zero-order valence-electron chi connectivity index (χ0n) is 13.7. The van der Waals surface area contributed by atoms with Gasteiger partial charge in [0.05, 0.1) is 14.9 Å². The summed E-state index contributed by atoms with van der Waals surface area (Å²) in [5.74, 6) is 0. The molecule has 1 fully saturated rings. The molecular formula is C15H16Cl2N2O4S3. The standard InChI is InChI=1S/C15H16Cl2N2O4S3/c1-11-2-5-15(24-11)26(22,23)19-8-6-18(7-9-19)25(20,21)12-3-4-13(16)14(17)10-12/h2-5,10H,6-9H2,1H3. The van der Waals surface area contributed by atoms with E-state index in [-0.39, 0.29) is 45.3 Å². The average Bonchev–Trinajstić information content (AvgIpc) is 3.04. The van der Waals surface area contributed by atoms with Crippen molar-refractivity contribution in [1.29, 1.82) is 0 Å². The Morgan fingerprint density at radius 3 is 1.92 bits per heavy atom. The van der Waals surface area contributed by atoms with Crippen molar-refractivity contribution in [2.75, 3.05) is 26.2 Å². The number of piperazine rings is 1. The van der Waals surface area contributed by atoms with Crippen LogP contribution < -0.4 is 0 Å². The molecule has 2 aromatic rings. The van der Waals surface area contributed by atoms with Gasteiger partial charge < -0.3 is 0 Å². The largest absolute Gasteiger partial charge is 0.252 e. The molecule has 0 amide bonds. The molecule has 1 saturated heterocycles. The first-order valence-corrected chi connectivity index (χ1v) is 12.1. The van der Waals surface area contributed by atoms with Crippen LogP contribution in [0.25, 0.3) is 0 Å². The number of hydrogen-bond acceptors (Lipinski definition) is 5. The average molecular weight is 455 g/mol. The van der Waals surface area contributed by atoms with Crippen LogP contribution in [0.15, 0.2) is 39.4 Å². The molecule has 1 aromatic heterocycles. The van der Waals surface area contributed by atoms with Gasteiger partial charge in [-0.15, -0.1) is 11.3 Å². The van der Waals surface area contributed by atoms with Crippen LogP contribution in [0.4, 0.5) is 0 Å². The van der Waals surface area contributed by atoms with Crippen LogP contribution in [0.1, 0.15) is 4.88 Å². The number of halogens is 2. The summed E-state index contributed by atoms with van der Waals surface area (Å²) in [6.07, 6.45) is 0. The first kappa shape index (κ1) is 20.1. The predicted molar refractivity (Wildman–Crippen MR) is 103 cm³/mol. The fourth-order valence-corrected chi connectivity index (χ4v) is 7.29. The third kappa shape index (κ3) is 3.80. The van der Waals surface area contributed by atoms with E-state index in [4.69, 9.17) is 23.2 Å². The van der Waals surface area contributed by atoms with Gasteiger partial charge in [-0.05, 0) is 37.3 Å². The van der Waals surface area contributed by atoms with Crippen molar-refractivity contribution >= 4 is 54.6 Å². The maximum Gasteiger partial charge on any atom is 0.252 e. The summed E-state index contributed by atoms with van der Waals surface area (Å²) in [4.78, 5) is 0.946. The maximum absolute atomic E-state index is 12.7. The lowest BCUT2D eigenvalue weighted by Gasteiger charge is -2.33. The Bertz CT molecular complexity index is 1030. The molecule has 11 heteroatoms.